The Morgan fingerprint density at radius 1 is 1.29 bits per heavy atom. The van der Waals surface area contributed by atoms with Crippen LogP contribution in [0.1, 0.15) is 19.4 Å². The Bertz CT molecular complexity index is 295. The van der Waals surface area contributed by atoms with Gasteiger partial charge in [-0.25, -0.2) is 0 Å². The first-order valence-corrected chi connectivity index (χ1v) is 6.07. The Morgan fingerprint density at radius 3 is 2.21 bits per heavy atom. The maximum Gasteiger partial charge on any atom is 0.0540 e. The molecular formula is C10H13Br2NO. The van der Waals surface area contributed by atoms with Gasteiger partial charge in [-0.05, 0) is 56.7 Å². The highest BCUT2D eigenvalue weighted by molar-refractivity contribution is 9.11. The van der Waals surface area contributed by atoms with Gasteiger partial charge < -0.3 is 5.11 Å². The number of aromatic nitrogens is 1. The van der Waals surface area contributed by atoms with Crippen LogP contribution in [0.4, 0.5) is 0 Å². The van der Waals surface area contributed by atoms with E-state index < -0.39 is 0 Å². The zero-order chi connectivity index (χ0) is 10.7. The fraction of sp³-hybridized carbons (Fsp3) is 0.500. The molecule has 2 nitrogen and oxygen atoms in total. The third-order valence-corrected chi connectivity index (χ3v) is 3.67. The minimum atomic E-state index is -0.290. The van der Waals surface area contributed by atoms with Crippen LogP contribution in [-0.2, 0) is 6.42 Å². The van der Waals surface area contributed by atoms with Gasteiger partial charge in [0.1, 0.15) is 0 Å². The van der Waals surface area contributed by atoms with E-state index in [2.05, 4.69) is 36.8 Å². The summed E-state index contributed by atoms with van der Waals surface area (Å²) in [5.74, 6) is 0.241. The van der Waals surface area contributed by atoms with Crippen LogP contribution in [0.3, 0.4) is 0 Å². The molecule has 1 N–H and O–H groups in total. The Hall–Kier alpha value is 0.0700. The zero-order valence-electron chi connectivity index (χ0n) is 8.17. The van der Waals surface area contributed by atoms with Crippen molar-refractivity contribution in [3.05, 3.63) is 26.9 Å². The van der Waals surface area contributed by atoms with Crippen molar-refractivity contribution in [3.8, 4) is 0 Å². The second-order valence-electron chi connectivity index (χ2n) is 3.50. The number of rotatable bonds is 3. The summed E-state index contributed by atoms with van der Waals surface area (Å²) in [5.41, 5.74) is 1.16. The van der Waals surface area contributed by atoms with Crippen LogP contribution >= 0.6 is 31.9 Å². The Balaban J connectivity index is 2.85. The molecule has 78 valence electrons. The van der Waals surface area contributed by atoms with Crippen LogP contribution in [0.5, 0.6) is 0 Å². The maximum absolute atomic E-state index is 9.42. The predicted octanol–water partition coefficient (Wildman–Crippen LogP) is 3.17. The standard InChI is InChI=1S/C10H13Br2NO/c1-6(7(2)14)3-8-9(11)4-13-5-10(8)12/h4-7,14H,3H2,1-2H3. The van der Waals surface area contributed by atoms with Gasteiger partial charge >= 0.3 is 0 Å². The topological polar surface area (TPSA) is 33.1 Å². The minimum Gasteiger partial charge on any atom is -0.393 e. The van der Waals surface area contributed by atoms with E-state index in [1.807, 2.05) is 13.8 Å². The van der Waals surface area contributed by atoms with E-state index in [1.54, 1.807) is 12.4 Å². The van der Waals surface area contributed by atoms with Crippen molar-refractivity contribution >= 4 is 31.9 Å². The number of hydrogen-bond donors (Lipinski definition) is 1. The van der Waals surface area contributed by atoms with Crippen LogP contribution in [0, 0.1) is 5.92 Å². The maximum atomic E-state index is 9.42. The van der Waals surface area contributed by atoms with Gasteiger partial charge in [0.15, 0.2) is 0 Å². The van der Waals surface area contributed by atoms with Gasteiger partial charge in [-0.1, -0.05) is 6.92 Å². The lowest BCUT2D eigenvalue weighted by molar-refractivity contribution is 0.135. The lowest BCUT2D eigenvalue weighted by Crippen LogP contribution is -2.16. The number of halogens is 2. The van der Waals surface area contributed by atoms with Gasteiger partial charge in [-0.15, -0.1) is 0 Å². The number of aliphatic hydroxyl groups is 1. The van der Waals surface area contributed by atoms with Gasteiger partial charge in [-0.3, -0.25) is 4.98 Å². The molecule has 2 atom stereocenters. The first-order valence-electron chi connectivity index (χ1n) is 4.48. The van der Waals surface area contributed by atoms with Gasteiger partial charge in [-0.2, -0.15) is 0 Å². The average molecular weight is 323 g/mol. The molecule has 0 radical (unpaired) electrons. The molecule has 1 rings (SSSR count). The van der Waals surface area contributed by atoms with Crippen molar-refractivity contribution in [2.75, 3.05) is 0 Å². The van der Waals surface area contributed by atoms with E-state index >= 15 is 0 Å². The van der Waals surface area contributed by atoms with Crippen LogP contribution in [0.15, 0.2) is 21.3 Å². The van der Waals surface area contributed by atoms with Crippen molar-refractivity contribution in [2.24, 2.45) is 5.92 Å². The highest BCUT2D eigenvalue weighted by Crippen LogP contribution is 2.27. The summed E-state index contributed by atoms with van der Waals surface area (Å²) >= 11 is 6.90. The molecule has 0 aliphatic heterocycles. The average Bonchev–Trinajstić information content (AvgIpc) is 2.11. The number of hydrogen-bond acceptors (Lipinski definition) is 2. The summed E-state index contributed by atoms with van der Waals surface area (Å²) in [6.45, 7) is 3.84. The normalized spacial score (nSPS) is 15.2. The monoisotopic (exact) mass is 321 g/mol. The van der Waals surface area contributed by atoms with Crippen molar-refractivity contribution in [1.29, 1.82) is 0 Å². The van der Waals surface area contributed by atoms with E-state index in [0.29, 0.717) is 0 Å². The largest absolute Gasteiger partial charge is 0.393 e. The molecule has 0 spiro atoms. The molecule has 0 aromatic carbocycles. The Labute approximate surface area is 101 Å². The number of aliphatic hydroxyl groups excluding tert-OH is 1. The highest BCUT2D eigenvalue weighted by atomic mass is 79.9. The van der Waals surface area contributed by atoms with E-state index in [1.165, 1.54) is 0 Å². The second-order valence-corrected chi connectivity index (χ2v) is 5.21. The first-order chi connectivity index (χ1) is 6.52. The summed E-state index contributed by atoms with van der Waals surface area (Å²) in [6, 6.07) is 0. The van der Waals surface area contributed by atoms with Crippen LogP contribution in [0.2, 0.25) is 0 Å². The van der Waals surface area contributed by atoms with Crippen LogP contribution in [0.25, 0.3) is 0 Å². The third-order valence-electron chi connectivity index (χ3n) is 2.30. The molecule has 4 heteroatoms. The lowest BCUT2D eigenvalue weighted by Gasteiger charge is -2.16. The molecule has 1 heterocycles. The van der Waals surface area contributed by atoms with Gasteiger partial charge in [0.2, 0.25) is 0 Å². The SMILES string of the molecule is CC(O)C(C)Cc1c(Br)cncc1Br. The van der Waals surface area contributed by atoms with E-state index in [-0.39, 0.29) is 12.0 Å². The molecule has 1 aromatic heterocycles. The molecule has 2 unspecified atom stereocenters. The van der Waals surface area contributed by atoms with Crippen molar-refractivity contribution < 1.29 is 5.11 Å². The smallest absolute Gasteiger partial charge is 0.0540 e. The van der Waals surface area contributed by atoms with E-state index in [0.717, 1.165) is 20.9 Å². The fourth-order valence-corrected chi connectivity index (χ4v) is 2.38. The van der Waals surface area contributed by atoms with Crippen molar-refractivity contribution in [1.82, 2.24) is 4.98 Å². The molecule has 0 bridgehead atoms. The molecule has 14 heavy (non-hydrogen) atoms. The summed E-state index contributed by atoms with van der Waals surface area (Å²) < 4.78 is 1.97. The van der Waals surface area contributed by atoms with Crippen LogP contribution < -0.4 is 0 Å². The third kappa shape index (κ3) is 3.04. The molecule has 0 fully saturated rings. The fourth-order valence-electron chi connectivity index (χ4n) is 1.13. The van der Waals surface area contributed by atoms with Gasteiger partial charge in [0, 0.05) is 21.3 Å². The molecule has 1 aromatic rings. The first kappa shape index (κ1) is 12.1. The Morgan fingerprint density at radius 2 is 1.79 bits per heavy atom. The molecule has 0 aliphatic rings. The summed E-state index contributed by atoms with van der Waals surface area (Å²) in [6.07, 6.45) is 4.09. The van der Waals surface area contributed by atoms with Gasteiger partial charge in [0.25, 0.3) is 0 Å². The van der Waals surface area contributed by atoms with Crippen LogP contribution in [-0.4, -0.2) is 16.2 Å². The van der Waals surface area contributed by atoms with Gasteiger partial charge in [0.05, 0.1) is 6.10 Å². The lowest BCUT2D eigenvalue weighted by atomic mass is 9.98. The Kier molecular flexibility index (Phi) is 4.54. The summed E-state index contributed by atoms with van der Waals surface area (Å²) in [5, 5.41) is 9.42. The number of nitrogens with zero attached hydrogens (tertiary/aromatic N) is 1. The minimum absolute atomic E-state index is 0.241. The number of pyridine rings is 1. The van der Waals surface area contributed by atoms with Crippen molar-refractivity contribution in [3.63, 3.8) is 0 Å². The summed E-state index contributed by atoms with van der Waals surface area (Å²) in [7, 11) is 0. The highest BCUT2D eigenvalue weighted by Gasteiger charge is 2.13. The summed E-state index contributed by atoms with van der Waals surface area (Å²) in [4.78, 5) is 4.04. The molecule has 0 saturated heterocycles. The molecular weight excluding hydrogens is 310 g/mol. The van der Waals surface area contributed by atoms with Crippen molar-refractivity contribution in [2.45, 2.75) is 26.4 Å². The predicted molar refractivity (Wildman–Crippen MR) is 64.2 cm³/mol. The van der Waals surface area contributed by atoms with E-state index in [4.69, 9.17) is 0 Å². The van der Waals surface area contributed by atoms with E-state index in [9.17, 15) is 5.11 Å². The second kappa shape index (κ2) is 5.24. The quantitative estimate of drug-likeness (QED) is 0.927. The molecule has 0 aliphatic carbocycles. The molecule has 0 saturated carbocycles. The molecule has 0 amide bonds. The zero-order valence-corrected chi connectivity index (χ0v) is 11.3.